The molecule has 0 spiro atoms. The normalized spacial score (nSPS) is 20.7. The third kappa shape index (κ3) is 6.99. The summed E-state index contributed by atoms with van der Waals surface area (Å²) < 4.78 is 71.6. The van der Waals surface area contributed by atoms with E-state index in [1.807, 2.05) is 35.2 Å². The van der Waals surface area contributed by atoms with Crippen LogP contribution < -0.4 is 10.1 Å². The molecule has 2 unspecified atom stereocenters. The number of tetrazole rings is 1. The molecule has 2 aliphatic heterocycles. The number of amides is 1. The summed E-state index contributed by atoms with van der Waals surface area (Å²) in [4.78, 5) is 15.4. The second-order valence-corrected chi connectivity index (χ2v) is 12.9. The number of alkyl halides is 3. The maximum absolute atomic E-state index is 13.5. The first-order chi connectivity index (χ1) is 20.5. The van der Waals surface area contributed by atoms with Gasteiger partial charge < -0.3 is 15.0 Å². The van der Waals surface area contributed by atoms with Gasteiger partial charge in [0.15, 0.2) is 0 Å². The van der Waals surface area contributed by atoms with Crippen molar-refractivity contribution in [1.82, 2.24) is 34.7 Å². The zero-order valence-corrected chi connectivity index (χ0v) is 24.7. The molecule has 0 saturated carbocycles. The van der Waals surface area contributed by atoms with Crippen LogP contribution in [0.1, 0.15) is 42.1 Å². The van der Waals surface area contributed by atoms with E-state index in [4.69, 9.17) is 4.74 Å². The number of halogens is 3. The van der Waals surface area contributed by atoms with Crippen molar-refractivity contribution in [2.24, 2.45) is 5.92 Å². The summed E-state index contributed by atoms with van der Waals surface area (Å²) in [6.07, 6.45) is -1.89. The number of carbonyl (C=O) groups excluding carboxylic acids is 1. The van der Waals surface area contributed by atoms with Gasteiger partial charge in [-0.3, -0.25) is 4.79 Å². The molecule has 0 bridgehead atoms. The number of hydrogen-bond acceptors (Lipinski definition) is 8. The Bertz CT molecular complexity index is 1530. The van der Waals surface area contributed by atoms with Crippen LogP contribution in [0.15, 0.2) is 48.5 Å². The van der Waals surface area contributed by atoms with Crippen LogP contribution in [0.5, 0.6) is 5.75 Å². The monoisotopic (exact) mass is 621 g/mol. The second kappa shape index (κ2) is 12.6. The molecule has 2 aliphatic rings. The van der Waals surface area contributed by atoms with Crippen molar-refractivity contribution in [1.29, 1.82) is 0 Å². The molecule has 43 heavy (non-hydrogen) atoms. The van der Waals surface area contributed by atoms with Crippen molar-refractivity contribution in [3.05, 3.63) is 65.5 Å². The summed E-state index contributed by atoms with van der Waals surface area (Å²) in [5.74, 6) is -0.940. The molecule has 1 N–H and O–H groups in total. The minimum atomic E-state index is -4.72. The van der Waals surface area contributed by atoms with E-state index >= 15 is 0 Å². The number of ether oxygens (including phenoxy) is 1. The van der Waals surface area contributed by atoms with Gasteiger partial charge in [0, 0.05) is 56.2 Å². The molecule has 0 radical (unpaired) electrons. The number of carbonyl (C=O) groups is 1. The maximum Gasteiger partial charge on any atom is 0.453 e. The Balaban J connectivity index is 1.32. The Morgan fingerprint density at radius 2 is 1.79 bits per heavy atom. The number of nitrogens with zero attached hydrogens (tertiary/aromatic N) is 6. The number of piperidine rings is 2. The van der Waals surface area contributed by atoms with Crippen molar-refractivity contribution in [3.8, 4) is 11.4 Å². The zero-order valence-electron chi connectivity index (χ0n) is 23.9. The van der Waals surface area contributed by atoms with Crippen LogP contribution in [0, 0.1) is 5.92 Å². The number of methoxy groups -OCH3 is 1. The van der Waals surface area contributed by atoms with Gasteiger partial charge in [-0.25, -0.2) is 12.7 Å². The molecule has 1 aromatic heterocycles. The number of sulfonamides is 1. The van der Waals surface area contributed by atoms with Crippen LogP contribution in [0.3, 0.4) is 0 Å². The fourth-order valence-corrected chi connectivity index (χ4v) is 6.81. The number of nitrogens with one attached hydrogen (secondary N) is 1. The lowest BCUT2D eigenvalue weighted by molar-refractivity contribution is -0.146. The predicted octanol–water partition coefficient (Wildman–Crippen LogP) is 2.84. The van der Waals surface area contributed by atoms with Crippen LogP contribution in [0.4, 0.5) is 13.2 Å². The average molecular weight is 622 g/mol. The Hall–Kier alpha value is -3.56. The fourth-order valence-electron chi connectivity index (χ4n) is 5.94. The van der Waals surface area contributed by atoms with Gasteiger partial charge in [0.1, 0.15) is 5.75 Å². The lowest BCUT2D eigenvalue weighted by Crippen LogP contribution is -2.52. The highest BCUT2D eigenvalue weighted by molar-refractivity contribution is 7.88. The van der Waals surface area contributed by atoms with Gasteiger partial charge in [-0.15, -0.1) is 5.10 Å². The molecule has 11 nitrogen and oxygen atoms in total. The van der Waals surface area contributed by atoms with E-state index in [2.05, 4.69) is 20.8 Å². The molecule has 232 valence electrons. The molecule has 2 fully saturated rings. The van der Waals surface area contributed by atoms with E-state index < -0.39 is 22.0 Å². The van der Waals surface area contributed by atoms with Crippen LogP contribution >= 0.6 is 0 Å². The lowest BCUT2D eigenvalue weighted by atomic mass is 9.84. The van der Waals surface area contributed by atoms with Gasteiger partial charge in [0.2, 0.25) is 15.9 Å². The molecule has 2 atom stereocenters. The third-order valence-corrected chi connectivity index (χ3v) is 9.51. The van der Waals surface area contributed by atoms with Crippen molar-refractivity contribution in [2.45, 2.75) is 43.9 Å². The van der Waals surface area contributed by atoms with Crippen LogP contribution in [-0.4, -0.2) is 89.3 Å². The first-order valence-electron chi connectivity index (χ1n) is 14.0. The number of likely N-dealkylation sites (tertiary alicyclic amines) is 1. The highest BCUT2D eigenvalue weighted by Gasteiger charge is 2.39. The van der Waals surface area contributed by atoms with Gasteiger partial charge in [-0.05, 0) is 53.5 Å². The molecule has 15 heteroatoms. The van der Waals surface area contributed by atoms with E-state index in [1.165, 1.54) is 23.7 Å². The summed E-state index contributed by atoms with van der Waals surface area (Å²) in [7, 11) is -1.79. The highest BCUT2D eigenvalue weighted by Crippen LogP contribution is 2.32. The minimum Gasteiger partial charge on any atom is -0.496 e. The molecule has 2 saturated heterocycles. The Kier molecular flexibility index (Phi) is 9.04. The summed E-state index contributed by atoms with van der Waals surface area (Å²) >= 11 is 0. The standard InChI is InChI=1S/C28H34F3N7O4S/c1-42-25-9-8-22(38-27(28(29,30)31)33-34-35-38)16-21(25)17-32-24-12-13-36(18-23(24)19-6-4-3-5-7-19)26(39)20-10-14-37(15-11-20)43(2,40)41/h3-9,16,20,23-24,32H,10-15,17-18H2,1-2H3. The molecular formula is C28H34F3N7O4S. The predicted molar refractivity (Wildman–Crippen MR) is 151 cm³/mol. The summed E-state index contributed by atoms with van der Waals surface area (Å²) in [5.41, 5.74) is 1.84. The second-order valence-electron chi connectivity index (χ2n) is 10.9. The summed E-state index contributed by atoms with van der Waals surface area (Å²) in [6, 6.07) is 14.4. The number of rotatable bonds is 8. The van der Waals surface area contributed by atoms with Gasteiger partial charge in [-0.1, -0.05) is 30.3 Å². The van der Waals surface area contributed by atoms with E-state index in [0.29, 0.717) is 68.0 Å². The van der Waals surface area contributed by atoms with Crippen molar-refractivity contribution >= 4 is 15.9 Å². The molecule has 1 amide bonds. The van der Waals surface area contributed by atoms with E-state index in [9.17, 15) is 26.4 Å². The number of hydrogen-bond donors (Lipinski definition) is 1. The zero-order chi connectivity index (χ0) is 30.8. The third-order valence-electron chi connectivity index (χ3n) is 8.21. The van der Waals surface area contributed by atoms with E-state index in [0.717, 1.165) is 5.56 Å². The summed E-state index contributed by atoms with van der Waals surface area (Å²) in [6.45, 7) is 2.00. The number of benzene rings is 2. The quantitative estimate of drug-likeness (QED) is 0.408. The molecular weight excluding hydrogens is 587 g/mol. The van der Waals surface area contributed by atoms with Crippen LogP contribution in [-0.2, 0) is 27.5 Å². The summed E-state index contributed by atoms with van der Waals surface area (Å²) in [5, 5.41) is 13.4. The Morgan fingerprint density at radius 1 is 1.07 bits per heavy atom. The van der Waals surface area contributed by atoms with Gasteiger partial charge in [-0.2, -0.15) is 17.9 Å². The Morgan fingerprint density at radius 3 is 2.44 bits per heavy atom. The smallest absolute Gasteiger partial charge is 0.453 e. The van der Waals surface area contributed by atoms with Crippen molar-refractivity contribution in [2.75, 3.05) is 39.5 Å². The number of aromatic nitrogens is 4. The van der Waals surface area contributed by atoms with Crippen LogP contribution in [0.25, 0.3) is 5.69 Å². The SMILES string of the molecule is COc1ccc(-n2nnnc2C(F)(F)F)cc1CNC1CCN(C(=O)C2CCN(S(C)(=O)=O)CC2)CC1c1ccccc1. The largest absolute Gasteiger partial charge is 0.496 e. The molecule has 2 aromatic carbocycles. The Labute approximate surface area is 248 Å². The van der Waals surface area contributed by atoms with Crippen molar-refractivity contribution < 1.29 is 31.1 Å². The van der Waals surface area contributed by atoms with Crippen LogP contribution in [0.2, 0.25) is 0 Å². The fraction of sp³-hybridized carbons (Fsp3) is 0.500. The van der Waals surface area contributed by atoms with E-state index in [-0.39, 0.29) is 29.5 Å². The average Bonchev–Trinajstić information content (AvgIpc) is 3.51. The molecule has 0 aliphatic carbocycles. The van der Waals surface area contributed by atoms with E-state index in [1.54, 1.807) is 12.1 Å². The maximum atomic E-state index is 13.5. The molecule has 3 heterocycles. The lowest BCUT2D eigenvalue weighted by Gasteiger charge is -2.41. The van der Waals surface area contributed by atoms with Gasteiger partial charge >= 0.3 is 6.18 Å². The molecule has 5 rings (SSSR count). The minimum absolute atomic E-state index is 0.0364. The first-order valence-corrected chi connectivity index (χ1v) is 15.9. The highest BCUT2D eigenvalue weighted by atomic mass is 32.2. The van der Waals surface area contributed by atoms with Crippen molar-refractivity contribution in [3.63, 3.8) is 0 Å². The first kappa shape index (κ1) is 30.9. The topological polar surface area (TPSA) is 123 Å². The molecule has 3 aromatic rings. The van der Waals surface area contributed by atoms with Gasteiger partial charge in [0.25, 0.3) is 5.82 Å². The van der Waals surface area contributed by atoms with Gasteiger partial charge in [0.05, 0.1) is 19.1 Å².